The van der Waals surface area contributed by atoms with Crippen LogP contribution in [0.15, 0.2) is 0 Å². The quantitative estimate of drug-likeness (QED) is 0.880. The first kappa shape index (κ1) is 18.2. The molecule has 1 aliphatic heterocycles. The highest BCUT2D eigenvalue weighted by molar-refractivity contribution is 5.75. The average Bonchev–Trinajstić information content (AvgIpc) is 3.15. The van der Waals surface area contributed by atoms with Crippen LogP contribution < -0.4 is 5.32 Å². The molecule has 1 saturated heterocycles. The Hall–Kier alpha value is -1.56. The van der Waals surface area contributed by atoms with Crippen LogP contribution in [-0.4, -0.2) is 59.3 Å². The maximum absolute atomic E-state index is 12.9. The minimum absolute atomic E-state index is 0.110. The van der Waals surface area contributed by atoms with Crippen LogP contribution in [0.5, 0.6) is 0 Å². The van der Waals surface area contributed by atoms with Gasteiger partial charge in [-0.1, -0.05) is 0 Å². The number of hydrogen-bond donors (Lipinski definition) is 2. The van der Waals surface area contributed by atoms with Gasteiger partial charge < -0.3 is 15.1 Å². The number of likely N-dealkylation sites (tertiary alicyclic amines) is 1. The Kier molecular flexibility index (Phi) is 5.67. The Morgan fingerprint density at radius 2 is 1.96 bits per heavy atom. The van der Waals surface area contributed by atoms with Crippen molar-refractivity contribution < 1.29 is 4.79 Å². The zero-order chi connectivity index (χ0) is 18.0. The van der Waals surface area contributed by atoms with E-state index in [0.717, 1.165) is 56.1 Å². The molecule has 2 amide bonds. The van der Waals surface area contributed by atoms with Gasteiger partial charge >= 0.3 is 6.03 Å². The minimum Gasteiger partial charge on any atom is -0.335 e. The van der Waals surface area contributed by atoms with Crippen molar-refractivity contribution in [1.82, 2.24) is 25.3 Å². The molecule has 0 bridgehead atoms. The van der Waals surface area contributed by atoms with Crippen molar-refractivity contribution in [3.8, 4) is 0 Å². The van der Waals surface area contributed by atoms with Crippen molar-refractivity contribution in [2.75, 3.05) is 27.2 Å². The molecule has 2 fully saturated rings. The summed E-state index contributed by atoms with van der Waals surface area (Å²) < 4.78 is 0. The van der Waals surface area contributed by atoms with Crippen molar-refractivity contribution in [2.45, 2.75) is 64.5 Å². The molecule has 6 heteroatoms. The zero-order valence-corrected chi connectivity index (χ0v) is 16.1. The molecule has 1 saturated carbocycles. The number of hydrogen-bond acceptors (Lipinski definition) is 3. The molecule has 2 aliphatic rings. The van der Waals surface area contributed by atoms with E-state index < -0.39 is 0 Å². The van der Waals surface area contributed by atoms with Gasteiger partial charge in [0.15, 0.2) is 0 Å². The number of rotatable bonds is 4. The van der Waals surface area contributed by atoms with E-state index in [0.29, 0.717) is 6.04 Å². The monoisotopic (exact) mass is 347 g/mol. The standard InChI is InChI=1S/C19H33N5O/c1-13-18(14(2)22-21-13)17-6-5-11-24(17)19(25)20-16-9-7-15(8-10-16)12-23(3)4/h15-17H,5-12H2,1-4H3,(H,20,25)(H,21,22)/t15?,16?,17-/m0/s1. The molecule has 0 radical (unpaired) electrons. The number of amides is 2. The molecule has 1 atom stereocenters. The minimum atomic E-state index is 0.110. The highest BCUT2D eigenvalue weighted by Crippen LogP contribution is 2.35. The van der Waals surface area contributed by atoms with Crippen molar-refractivity contribution in [3.05, 3.63) is 17.0 Å². The first-order valence-corrected chi connectivity index (χ1v) is 9.69. The van der Waals surface area contributed by atoms with Crippen LogP contribution in [0, 0.1) is 19.8 Å². The number of aromatic amines is 1. The van der Waals surface area contributed by atoms with Crippen LogP contribution in [0.25, 0.3) is 0 Å². The van der Waals surface area contributed by atoms with Gasteiger partial charge in [0.2, 0.25) is 0 Å². The Balaban J connectivity index is 1.56. The third-order valence-corrected chi connectivity index (χ3v) is 5.83. The molecule has 1 aliphatic carbocycles. The summed E-state index contributed by atoms with van der Waals surface area (Å²) in [5.41, 5.74) is 3.32. The van der Waals surface area contributed by atoms with E-state index in [-0.39, 0.29) is 12.1 Å². The summed E-state index contributed by atoms with van der Waals surface area (Å²) in [5, 5.41) is 10.7. The first-order chi connectivity index (χ1) is 12.0. The Morgan fingerprint density at radius 3 is 2.56 bits per heavy atom. The number of carbonyl (C=O) groups excluding carboxylic acids is 1. The SMILES string of the molecule is Cc1n[nH]c(C)c1[C@@H]1CCCN1C(=O)NC1CCC(CN(C)C)CC1. The fourth-order valence-corrected chi connectivity index (χ4v) is 4.62. The average molecular weight is 348 g/mol. The van der Waals surface area contributed by atoms with Crippen molar-refractivity contribution in [3.63, 3.8) is 0 Å². The molecule has 3 rings (SSSR count). The maximum Gasteiger partial charge on any atom is 0.318 e. The first-order valence-electron chi connectivity index (χ1n) is 9.69. The van der Waals surface area contributed by atoms with Crippen LogP contribution in [0.2, 0.25) is 0 Å². The zero-order valence-electron chi connectivity index (χ0n) is 16.1. The summed E-state index contributed by atoms with van der Waals surface area (Å²) in [6, 6.07) is 0.612. The summed E-state index contributed by atoms with van der Waals surface area (Å²) >= 11 is 0. The van der Waals surface area contributed by atoms with Crippen LogP contribution in [0.4, 0.5) is 4.79 Å². The highest BCUT2D eigenvalue weighted by Gasteiger charge is 2.34. The lowest BCUT2D eigenvalue weighted by atomic mass is 9.86. The molecule has 0 spiro atoms. The van der Waals surface area contributed by atoms with Gasteiger partial charge in [-0.3, -0.25) is 5.10 Å². The summed E-state index contributed by atoms with van der Waals surface area (Å²) in [6.07, 6.45) is 6.74. The molecular formula is C19H33N5O. The van der Waals surface area contributed by atoms with Gasteiger partial charge in [0, 0.05) is 30.4 Å². The van der Waals surface area contributed by atoms with E-state index >= 15 is 0 Å². The number of aryl methyl sites for hydroxylation is 2. The second kappa shape index (κ2) is 7.77. The molecule has 6 nitrogen and oxygen atoms in total. The largest absolute Gasteiger partial charge is 0.335 e. The highest BCUT2D eigenvalue weighted by atomic mass is 16.2. The van der Waals surface area contributed by atoms with E-state index in [1.807, 2.05) is 11.8 Å². The molecule has 25 heavy (non-hydrogen) atoms. The number of aromatic nitrogens is 2. The molecule has 1 aromatic rings. The van der Waals surface area contributed by atoms with Crippen LogP contribution in [0.1, 0.15) is 61.5 Å². The van der Waals surface area contributed by atoms with Gasteiger partial charge in [-0.15, -0.1) is 0 Å². The number of carbonyl (C=O) groups is 1. The van der Waals surface area contributed by atoms with Crippen LogP contribution in [0.3, 0.4) is 0 Å². The third-order valence-electron chi connectivity index (χ3n) is 5.83. The summed E-state index contributed by atoms with van der Waals surface area (Å²) in [5.74, 6) is 0.777. The number of nitrogens with one attached hydrogen (secondary N) is 2. The molecule has 2 heterocycles. The fourth-order valence-electron chi connectivity index (χ4n) is 4.62. The second-order valence-electron chi connectivity index (χ2n) is 8.13. The molecular weight excluding hydrogens is 314 g/mol. The number of urea groups is 1. The van der Waals surface area contributed by atoms with Crippen LogP contribution in [-0.2, 0) is 0 Å². The van der Waals surface area contributed by atoms with E-state index in [1.165, 1.54) is 18.4 Å². The van der Waals surface area contributed by atoms with Gasteiger partial charge in [-0.05, 0) is 72.4 Å². The molecule has 0 unspecified atom stereocenters. The number of H-pyrrole nitrogens is 1. The van der Waals surface area contributed by atoms with E-state index in [2.05, 4.69) is 41.4 Å². The molecule has 1 aromatic heterocycles. The van der Waals surface area contributed by atoms with Gasteiger partial charge in [-0.2, -0.15) is 5.10 Å². The normalized spacial score (nSPS) is 27.1. The predicted octanol–water partition coefficient (Wildman–Crippen LogP) is 2.99. The summed E-state index contributed by atoms with van der Waals surface area (Å²) in [4.78, 5) is 17.2. The van der Waals surface area contributed by atoms with Gasteiger partial charge in [0.25, 0.3) is 0 Å². The fraction of sp³-hybridized carbons (Fsp3) is 0.789. The van der Waals surface area contributed by atoms with Crippen LogP contribution >= 0.6 is 0 Å². The Bertz CT molecular complexity index is 569. The van der Waals surface area contributed by atoms with Gasteiger partial charge in [0.1, 0.15) is 0 Å². The van der Waals surface area contributed by atoms with Crippen molar-refractivity contribution in [2.24, 2.45) is 5.92 Å². The van der Waals surface area contributed by atoms with Crippen molar-refractivity contribution >= 4 is 6.03 Å². The van der Waals surface area contributed by atoms with E-state index in [4.69, 9.17) is 0 Å². The lowest BCUT2D eigenvalue weighted by Crippen LogP contribution is -2.46. The smallest absolute Gasteiger partial charge is 0.318 e. The molecule has 140 valence electrons. The lowest BCUT2D eigenvalue weighted by molar-refractivity contribution is 0.178. The second-order valence-corrected chi connectivity index (χ2v) is 8.13. The lowest BCUT2D eigenvalue weighted by Gasteiger charge is -2.33. The Morgan fingerprint density at radius 1 is 1.24 bits per heavy atom. The van der Waals surface area contributed by atoms with E-state index in [9.17, 15) is 4.79 Å². The van der Waals surface area contributed by atoms with E-state index in [1.54, 1.807) is 0 Å². The molecule has 2 N–H and O–H groups in total. The summed E-state index contributed by atoms with van der Waals surface area (Å²) in [7, 11) is 4.28. The van der Waals surface area contributed by atoms with Gasteiger partial charge in [0.05, 0.1) is 11.7 Å². The topological polar surface area (TPSA) is 64.3 Å². The molecule has 0 aromatic carbocycles. The maximum atomic E-state index is 12.9. The van der Waals surface area contributed by atoms with Crippen molar-refractivity contribution in [1.29, 1.82) is 0 Å². The Labute approximate surface area is 151 Å². The predicted molar refractivity (Wildman–Crippen MR) is 99.6 cm³/mol. The van der Waals surface area contributed by atoms with Gasteiger partial charge in [-0.25, -0.2) is 4.79 Å². The number of nitrogens with zero attached hydrogens (tertiary/aromatic N) is 3. The third kappa shape index (κ3) is 4.17. The summed E-state index contributed by atoms with van der Waals surface area (Å²) in [6.45, 7) is 6.08.